The minimum Gasteiger partial charge on any atom is -0.542 e. The molecule has 0 N–H and O–H groups in total. The maximum atomic E-state index is 10.5. The molecule has 0 spiro atoms. The van der Waals surface area contributed by atoms with Crippen LogP contribution >= 0.6 is 0 Å². The molecule has 0 radical (unpaired) electrons. The van der Waals surface area contributed by atoms with E-state index < -0.39 is 24.3 Å². The first kappa shape index (κ1) is 55.6. The third-order valence-electron chi connectivity index (χ3n) is 10.1. The average molecular weight is 964 g/mol. The Labute approximate surface area is 388 Å². The van der Waals surface area contributed by atoms with Crippen molar-refractivity contribution < 1.29 is 65.6 Å². The fraction of sp³-hybridized carbons (Fsp3) is 0.435. The van der Waals surface area contributed by atoms with E-state index in [4.69, 9.17) is 19.8 Å². The van der Waals surface area contributed by atoms with Crippen molar-refractivity contribution in [3.05, 3.63) is 145 Å². The summed E-state index contributed by atoms with van der Waals surface area (Å²) in [5.74, 6) is -4.44. The number of imidazole rings is 4. The van der Waals surface area contributed by atoms with Crippen molar-refractivity contribution in [3.8, 4) is 0 Å². The summed E-state index contributed by atoms with van der Waals surface area (Å²) in [7, 11) is 3.88. The van der Waals surface area contributed by atoms with Gasteiger partial charge in [0.1, 0.15) is 11.9 Å². The number of carbonyl (C=O) groups is 2. The van der Waals surface area contributed by atoms with E-state index in [-0.39, 0.29) is 19.5 Å². The van der Waals surface area contributed by atoms with Crippen LogP contribution in [0.4, 0.5) is 26.3 Å². The van der Waals surface area contributed by atoms with Gasteiger partial charge in [0.2, 0.25) is 0 Å². The number of hydrogen-bond donors (Lipinski definition) is 0. The van der Waals surface area contributed by atoms with Crippen molar-refractivity contribution >= 4 is 11.9 Å². The summed E-state index contributed by atoms with van der Waals surface area (Å²) in [5.41, 5.74) is 8.68. The molecule has 0 atom stereocenters. The third-order valence-corrected chi connectivity index (χ3v) is 10.1. The standard InChI is InChI=1S/2C17H22N2.2C4H6N2.2C2HF3O2.Zn/c2*1-14-9-15(12-19-8-7-18-13-19)11-17(10-14)16-5-3-2-4-6-16;2*1-6-3-2-5-4-6;2*3-2(4,5)1(6)7;/h2*7-11,13,16H,2-6,12H2,1H3;2*2-4H,1H3;2*(H,6,7);/q;;;;;;+2/p-2. The second-order valence-corrected chi connectivity index (χ2v) is 15.7. The molecule has 2 aliphatic rings. The number of aromatic nitrogens is 8. The Morgan fingerprint density at radius 3 is 1.08 bits per heavy atom. The van der Waals surface area contributed by atoms with Gasteiger partial charge >= 0.3 is 31.8 Å². The summed E-state index contributed by atoms with van der Waals surface area (Å²) < 4.78 is 71.2. The smallest absolute Gasteiger partial charge is 0.542 e. The first-order chi connectivity index (χ1) is 30.3. The van der Waals surface area contributed by atoms with E-state index >= 15 is 0 Å². The van der Waals surface area contributed by atoms with Crippen molar-refractivity contribution in [3.63, 3.8) is 0 Å². The van der Waals surface area contributed by atoms with Crippen LogP contribution in [0.5, 0.6) is 0 Å². The van der Waals surface area contributed by atoms with Crippen LogP contribution in [-0.4, -0.2) is 62.5 Å². The van der Waals surface area contributed by atoms with Crippen molar-refractivity contribution in [2.24, 2.45) is 14.1 Å². The maximum Gasteiger partial charge on any atom is 2.00 e. The quantitative estimate of drug-likeness (QED) is 0.120. The zero-order chi connectivity index (χ0) is 47.1. The largest absolute Gasteiger partial charge is 2.00 e. The Bertz CT molecular complexity index is 2030. The zero-order valence-corrected chi connectivity index (χ0v) is 40.2. The Morgan fingerprint density at radius 1 is 0.538 bits per heavy atom. The van der Waals surface area contributed by atoms with Crippen LogP contribution in [0.25, 0.3) is 0 Å². The van der Waals surface area contributed by atoms with E-state index in [2.05, 4.69) is 79.3 Å². The van der Waals surface area contributed by atoms with Crippen molar-refractivity contribution in [2.75, 3.05) is 0 Å². The minimum atomic E-state index is -5.19. The monoisotopic (exact) mass is 962 g/mol. The van der Waals surface area contributed by atoms with Crippen LogP contribution in [0.15, 0.2) is 111 Å². The number of hydrogen-bond acceptors (Lipinski definition) is 8. The first-order valence-electron chi connectivity index (χ1n) is 20.8. The fourth-order valence-corrected chi connectivity index (χ4v) is 7.15. The SMILES string of the molecule is Cc1cc(Cn2ccnc2)cc(C2CCCCC2)c1.Cc1cc(Cn2ccnc2)cc(C2CCCCC2)c1.Cn1ccnc1.Cn1ccnc1.O=C([O-])C(F)(F)F.O=C([O-])C(F)(F)F.[Zn+2]. The first-order valence-corrected chi connectivity index (χ1v) is 20.8. The minimum absolute atomic E-state index is 0. The number of rotatable bonds is 6. The molecule has 0 unspecified atom stereocenters. The molecule has 12 nitrogen and oxygen atoms in total. The van der Waals surface area contributed by atoms with E-state index in [1.165, 1.54) is 86.5 Å². The van der Waals surface area contributed by atoms with Gasteiger partial charge in [-0.1, -0.05) is 86.1 Å². The summed E-state index contributed by atoms with van der Waals surface area (Å²) >= 11 is 0. The molecular formula is C46H56F6N8O4Zn. The van der Waals surface area contributed by atoms with Crippen molar-refractivity contribution in [1.29, 1.82) is 0 Å². The van der Waals surface area contributed by atoms with Gasteiger partial charge in [0.25, 0.3) is 0 Å². The van der Waals surface area contributed by atoms with Gasteiger partial charge in [-0.25, -0.2) is 19.9 Å². The van der Waals surface area contributed by atoms with E-state index in [1.807, 2.05) is 73.1 Å². The predicted octanol–water partition coefficient (Wildman–Crippen LogP) is 8.01. The van der Waals surface area contributed by atoms with Crippen LogP contribution in [0.2, 0.25) is 0 Å². The van der Waals surface area contributed by atoms with Crippen LogP contribution in [0, 0.1) is 13.8 Å². The Morgan fingerprint density at radius 2 is 0.846 bits per heavy atom. The average Bonchev–Trinajstić information content (AvgIpc) is 4.11. The molecule has 2 saturated carbocycles. The number of carboxylic acids is 2. The van der Waals surface area contributed by atoms with Gasteiger partial charge in [-0.05, 0) is 73.6 Å². The molecule has 0 bridgehead atoms. The molecule has 19 heteroatoms. The zero-order valence-electron chi connectivity index (χ0n) is 37.2. The second kappa shape index (κ2) is 28.4. The van der Waals surface area contributed by atoms with Gasteiger partial charge in [-0.15, -0.1) is 0 Å². The number of carbonyl (C=O) groups excluding carboxylic acids is 2. The number of aryl methyl sites for hydroxylation is 4. The molecule has 65 heavy (non-hydrogen) atoms. The molecule has 0 saturated heterocycles. The molecule has 0 aliphatic heterocycles. The van der Waals surface area contributed by atoms with Crippen LogP contribution in [-0.2, 0) is 56.3 Å². The molecule has 348 valence electrons. The normalized spacial score (nSPS) is 13.8. The van der Waals surface area contributed by atoms with Crippen molar-refractivity contribution in [2.45, 2.75) is 115 Å². The second-order valence-electron chi connectivity index (χ2n) is 15.7. The van der Waals surface area contributed by atoms with Gasteiger partial charge < -0.3 is 38.1 Å². The molecule has 2 fully saturated rings. The van der Waals surface area contributed by atoms with Crippen LogP contribution in [0.1, 0.15) is 109 Å². The fourth-order valence-electron chi connectivity index (χ4n) is 7.15. The molecule has 4 heterocycles. The van der Waals surface area contributed by atoms with E-state index in [0.29, 0.717) is 0 Å². The van der Waals surface area contributed by atoms with Gasteiger partial charge in [-0.2, -0.15) is 26.3 Å². The number of carboxylic acid groups (broad SMARTS) is 2. The van der Waals surface area contributed by atoms with E-state index in [9.17, 15) is 26.3 Å². The van der Waals surface area contributed by atoms with Gasteiger partial charge in [0.15, 0.2) is 0 Å². The number of alkyl halides is 6. The number of aliphatic carboxylic acids is 2. The summed E-state index contributed by atoms with van der Waals surface area (Å²) in [4.78, 5) is 33.4. The molecule has 2 aromatic carbocycles. The van der Waals surface area contributed by atoms with Crippen molar-refractivity contribution in [1.82, 2.24) is 38.2 Å². The number of benzene rings is 2. The van der Waals surface area contributed by atoms with Crippen LogP contribution < -0.4 is 10.2 Å². The Hall–Kier alpha value is -5.58. The summed E-state index contributed by atoms with van der Waals surface area (Å²) in [5, 5.41) is 17.6. The Balaban J connectivity index is 0.000000291. The molecule has 4 aromatic heterocycles. The van der Waals surface area contributed by atoms with Gasteiger partial charge in [-0.3, -0.25) is 0 Å². The maximum absolute atomic E-state index is 10.5. The summed E-state index contributed by atoms with van der Waals surface area (Å²) in [6.07, 6.45) is 25.8. The molecular weight excluding hydrogens is 908 g/mol. The van der Waals surface area contributed by atoms with Crippen LogP contribution in [0.3, 0.4) is 0 Å². The van der Waals surface area contributed by atoms with Gasteiger partial charge in [0, 0.05) is 76.8 Å². The summed E-state index contributed by atoms with van der Waals surface area (Å²) in [6.45, 7) is 6.29. The summed E-state index contributed by atoms with van der Waals surface area (Å²) in [6, 6.07) is 14.2. The predicted molar refractivity (Wildman–Crippen MR) is 225 cm³/mol. The van der Waals surface area contributed by atoms with Gasteiger partial charge in [0.05, 0.1) is 25.3 Å². The molecule has 8 rings (SSSR count). The topological polar surface area (TPSA) is 152 Å². The Kier molecular flexibility index (Phi) is 24.2. The molecule has 6 aromatic rings. The number of nitrogens with zero attached hydrogens (tertiary/aromatic N) is 8. The van der Waals surface area contributed by atoms with E-state index in [1.54, 1.807) is 36.2 Å². The molecule has 0 amide bonds. The third kappa shape index (κ3) is 22.7. The number of halogens is 6. The molecule has 2 aliphatic carbocycles. The van der Waals surface area contributed by atoms with E-state index in [0.717, 1.165) is 24.9 Å².